The standard InChI is InChI=1S/C23H15NO2/c25-22-20-14-13-18(12-11-17-7-3-1-4-8-17)15-21(20)23(26)24(22)16-19-9-5-2-6-10-19/h1-10,13-15H,16H2. The Morgan fingerprint density at radius 3 is 2.00 bits per heavy atom. The summed E-state index contributed by atoms with van der Waals surface area (Å²) in [6.07, 6.45) is 0. The van der Waals surface area contributed by atoms with Crippen LogP contribution in [0, 0.1) is 11.8 Å². The highest BCUT2D eigenvalue weighted by atomic mass is 16.2. The van der Waals surface area contributed by atoms with Crippen molar-refractivity contribution in [3.05, 3.63) is 107 Å². The molecule has 0 fully saturated rings. The summed E-state index contributed by atoms with van der Waals surface area (Å²) in [6, 6.07) is 24.3. The fourth-order valence-corrected chi connectivity index (χ4v) is 2.94. The summed E-state index contributed by atoms with van der Waals surface area (Å²) < 4.78 is 0. The van der Waals surface area contributed by atoms with Crippen molar-refractivity contribution >= 4 is 11.8 Å². The second-order valence-corrected chi connectivity index (χ2v) is 6.06. The van der Waals surface area contributed by atoms with E-state index < -0.39 is 0 Å². The number of fused-ring (bicyclic) bond motifs is 1. The van der Waals surface area contributed by atoms with Gasteiger partial charge in [0, 0.05) is 11.1 Å². The number of hydrogen-bond donors (Lipinski definition) is 0. The molecule has 0 spiro atoms. The Morgan fingerprint density at radius 2 is 1.27 bits per heavy atom. The van der Waals surface area contributed by atoms with Crippen molar-refractivity contribution in [1.29, 1.82) is 0 Å². The van der Waals surface area contributed by atoms with Gasteiger partial charge in [0.25, 0.3) is 11.8 Å². The van der Waals surface area contributed by atoms with E-state index in [2.05, 4.69) is 11.8 Å². The molecule has 3 aromatic rings. The van der Waals surface area contributed by atoms with Crippen molar-refractivity contribution < 1.29 is 9.59 Å². The lowest BCUT2D eigenvalue weighted by atomic mass is 10.1. The first-order valence-corrected chi connectivity index (χ1v) is 8.33. The average Bonchev–Trinajstić information content (AvgIpc) is 2.92. The molecule has 0 aromatic heterocycles. The Labute approximate surface area is 151 Å². The molecule has 3 nitrogen and oxygen atoms in total. The molecular weight excluding hydrogens is 322 g/mol. The van der Waals surface area contributed by atoms with Crippen LogP contribution in [-0.2, 0) is 6.54 Å². The highest BCUT2D eigenvalue weighted by Gasteiger charge is 2.35. The van der Waals surface area contributed by atoms with Gasteiger partial charge in [-0.05, 0) is 35.9 Å². The van der Waals surface area contributed by atoms with Gasteiger partial charge >= 0.3 is 0 Å². The van der Waals surface area contributed by atoms with Crippen molar-refractivity contribution in [1.82, 2.24) is 4.90 Å². The highest BCUT2D eigenvalue weighted by molar-refractivity contribution is 6.21. The number of carbonyl (C=O) groups is 2. The van der Waals surface area contributed by atoms with Crippen LogP contribution >= 0.6 is 0 Å². The minimum absolute atomic E-state index is 0.253. The molecule has 1 aliphatic rings. The van der Waals surface area contributed by atoms with Crippen molar-refractivity contribution in [3.8, 4) is 11.8 Å². The predicted molar refractivity (Wildman–Crippen MR) is 99.5 cm³/mol. The second-order valence-electron chi connectivity index (χ2n) is 6.06. The van der Waals surface area contributed by atoms with Gasteiger partial charge in [-0.1, -0.05) is 60.4 Å². The second kappa shape index (κ2) is 6.70. The zero-order chi connectivity index (χ0) is 17.9. The van der Waals surface area contributed by atoms with E-state index in [1.165, 1.54) is 4.90 Å². The summed E-state index contributed by atoms with van der Waals surface area (Å²) in [5.74, 6) is 5.61. The van der Waals surface area contributed by atoms with Crippen LogP contribution in [0.5, 0.6) is 0 Å². The maximum Gasteiger partial charge on any atom is 0.261 e. The number of imide groups is 1. The number of nitrogens with zero attached hydrogens (tertiary/aromatic N) is 1. The van der Waals surface area contributed by atoms with Crippen molar-refractivity contribution in [3.63, 3.8) is 0 Å². The van der Waals surface area contributed by atoms with E-state index in [-0.39, 0.29) is 18.4 Å². The zero-order valence-corrected chi connectivity index (χ0v) is 14.0. The molecular formula is C23H15NO2. The van der Waals surface area contributed by atoms with Gasteiger partial charge in [-0.3, -0.25) is 14.5 Å². The Morgan fingerprint density at radius 1 is 0.654 bits per heavy atom. The molecule has 2 amide bonds. The number of amides is 2. The SMILES string of the molecule is O=C1c2ccc(C#Cc3ccccc3)cc2C(=O)N1Cc1ccccc1. The first-order valence-electron chi connectivity index (χ1n) is 8.33. The lowest BCUT2D eigenvalue weighted by Crippen LogP contribution is -2.29. The summed E-state index contributed by atoms with van der Waals surface area (Å²) in [5, 5.41) is 0. The van der Waals surface area contributed by atoms with Gasteiger partial charge in [0.05, 0.1) is 17.7 Å². The molecule has 0 bridgehead atoms. The summed E-state index contributed by atoms with van der Waals surface area (Å²) in [7, 11) is 0. The van der Waals surface area contributed by atoms with Crippen LogP contribution in [0.25, 0.3) is 0 Å². The molecule has 1 heterocycles. The molecule has 0 saturated heterocycles. The molecule has 124 valence electrons. The third-order valence-electron chi connectivity index (χ3n) is 4.28. The van der Waals surface area contributed by atoms with Crippen LogP contribution in [-0.4, -0.2) is 16.7 Å². The first-order chi connectivity index (χ1) is 12.7. The molecule has 4 rings (SSSR count). The van der Waals surface area contributed by atoms with Crippen LogP contribution in [0.4, 0.5) is 0 Å². The fourth-order valence-electron chi connectivity index (χ4n) is 2.94. The number of hydrogen-bond acceptors (Lipinski definition) is 2. The maximum atomic E-state index is 12.7. The molecule has 26 heavy (non-hydrogen) atoms. The number of benzene rings is 3. The van der Waals surface area contributed by atoms with Gasteiger partial charge in [-0.15, -0.1) is 0 Å². The van der Waals surface area contributed by atoms with E-state index >= 15 is 0 Å². The molecule has 0 radical (unpaired) electrons. The van der Waals surface area contributed by atoms with E-state index in [1.807, 2.05) is 60.7 Å². The minimum Gasteiger partial charge on any atom is -0.270 e. The molecule has 0 unspecified atom stereocenters. The zero-order valence-electron chi connectivity index (χ0n) is 14.0. The van der Waals surface area contributed by atoms with Gasteiger partial charge in [-0.25, -0.2) is 0 Å². The quantitative estimate of drug-likeness (QED) is 0.526. The Hall–Kier alpha value is -3.64. The maximum absolute atomic E-state index is 12.7. The third-order valence-corrected chi connectivity index (χ3v) is 4.28. The number of carbonyl (C=O) groups excluding carboxylic acids is 2. The van der Waals surface area contributed by atoms with Crippen molar-refractivity contribution in [2.24, 2.45) is 0 Å². The van der Waals surface area contributed by atoms with Crippen LogP contribution in [0.2, 0.25) is 0 Å². The largest absolute Gasteiger partial charge is 0.270 e. The lowest BCUT2D eigenvalue weighted by Gasteiger charge is -2.13. The molecule has 0 saturated carbocycles. The van der Waals surface area contributed by atoms with Gasteiger partial charge in [0.15, 0.2) is 0 Å². The van der Waals surface area contributed by atoms with Gasteiger partial charge in [0.2, 0.25) is 0 Å². The molecule has 0 atom stereocenters. The molecule has 1 aliphatic heterocycles. The average molecular weight is 337 g/mol. The van der Waals surface area contributed by atoms with E-state index in [1.54, 1.807) is 18.2 Å². The molecule has 3 aromatic carbocycles. The first kappa shape index (κ1) is 15.9. The summed E-state index contributed by atoms with van der Waals surface area (Å²) in [5.41, 5.74) is 3.41. The lowest BCUT2D eigenvalue weighted by molar-refractivity contribution is 0.0642. The van der Waals surface area contributed by atoms with E-state index in [0.717, 1.165) is 16.7 Å². The highest BCUT2D eigenvalue weighted by Crippen LogP contribution is 2.25. The van der Waals surface area contributed by atoms with Crippen molar-refractivity contribution in [2.75, 3.05) is 0 Å². The van der Waals surface area contributed by atoms with E-state index in [9.17, 15) is 9.59 Å². The molecule has 0 N–H and O–H groups in total. The number of rotatable bonds is 2. The van der Waals surface area contributed by atoms with Crippen LogP contribution < -0.4 is 0 Å². The Balaban J connectivity index is 1.61. The van der Waals surface area contributed by atoms with E-state index in [4.69, 9.17) is 0 Å². The molecule has 0 aliphatic carbocycles. The predicted octanol–water partition coefficient (Wildman–Crippen LogP) is 3.88. The minimum atomic E-state index is -0.266. The van der Waals surface area contributed by atoms with Crippen LogP contribution in [0.1, 0.15) is 37.4 Å². The Bertz CT molecular complexity index is 1040. The van der Waals surface area contributed by atoms with Crippen LogP contribution in [0.3, 0.4) is 0 Å². The van der Waals surface area contributed by atoms with E-state index in [0.29, 0.717) is 11.1 Å². The summed E-state index contributed by atoms with van der Waals surface area (Å²) >= 11 is 0. The van der Waals surface area contributed by atoms with Gasteiger partial charge in [-0.2, -0.15) is 0 Å². The summed E-state index contributed by atoms with van der Waals surface area (Å²) in [4.78, 5) is 26.6. The normalized spacial score (nSPS) is 12.5. The molecule has 3 heteroatoms. The van der Waals surface area contributed by atoms with Crippen molar-refractivity contribution in [2.45, 2.75) is 6.54 Å². The topological polar surface area (TPSA) is 37.4 Å². The monoisotopic (exact) mass is 337 g/mol. The van der Waals surface area contributed by atoms with Crippen LogP contribution in [0.15, 0.2) is 78.9 Å². The fraction of sp³-hybridized carbons (Fsp3) is 0.0435. The summed E-state index contributed by atoms with van der Waals surface area (Å²) in [6.45, 7) is 0.276. The smallest absolute Gasteiger partial charge is 0.261 e. The van der Waals surface area contributed by atoms with Gasteiger partial charge < -0.3 is 0 Å². The third kappa shape index (κ3) is 3.01. The Kier molecular flexibility index (Phi) is 4.09. The van der Waals surface area contributed by atoms with Gasteiger partial charge in [0.1, 0.15) is 0 Å².